The third-order valence-electron chi connectivity index (χ3n) is 4.53. The van der Waals surface area contributed by atoms with Crippen LogP contribution >= 0.6 is 0 Å². The Balaban J connectivity index is 2.27. The summed E-state index contributed by atoms with van der Waals surface area (Å²) in [6, 6.07) is 14.0. The van der Waals surface area contributed by atoms with E-state index in [0.29, 0.717) is 22.4 Å². The number of phenols is 4. The third kappa shape index (κ3) is 2.22. The molecule has 26 heavy (non-hydrogen) atoms. The quantitative estimate of drug-likeness (QED) is 0.406. The molecule has 128 valence electrons. The smallest absolute Gasteiger partial charge is 0.154 e. The lowest BCUT2D eigenvalue weighted by molar-refractivity contribution is 0.112. The molecule has 0 fully saturated rings. The van der Waals surface area contributed by atoms with Gasteiger partial charge < -0.3 is 20.4 Å². The molecule has 4 N–H and O–H groups in total. The van der Waals surface area contributed by atoms with E-state index in [-0.39, 0.29) is 39.7 Å². The Hall–Kier alpha value is -3.73. The summed E-state index contributed by atoms with van der Waals surface area (Å²) >= 11 is 0. The first kappa shape index (κ1) is 15.8. The molecule has 0 spiro atoms. The van der Waals surface area contributed by atoms with Gasteiger partial charge in [0.15, 0.2) is 6.29 Å². The summed E-state index contributed by atoms with van der Waals surface area (Å²) < 4.78 is 0. The Morgan fingerprint density at radius 3 is 1.92 bits per heavy atom. The number of hydrogen-bond acceptors (Lipinski definition) is 5. The molecule has 0 aromatic heterocycles. The van der Waals surface area contributed by atoms with E-state index >= 15 is 0 Å². The maximum absolute atomic E-state index is 11.6. The Bertz CT molecular complexity index is 1180. The first-order valence-electron chi connectivity index (χ1n) is 7.89. The van der Waals surface area contributed by atoms with Gasteiger partial charge in [0.05, 0.1) is 5.56 Å². The van der Waals surface area contributed by atoms with Gasteiger partial charge in [-0.2, -0.15) is 0 Å². The number of rotatable bonds is 2. The highest BCUT2D eigenvalue weighted by Gasteiger charge is 2.20. The average Bonchev–Trinajstić information content (AvgIpc) is 2.62. The van der Waals surface area contributed by atoms with Crippen molar-refractivity contribution >= 4 is 27.8 Å². The van der Waals surface area contributed by atoms with Gasteiger partial charge in [-0.25, -0.2) is 0 Å². The number of carbonyl (C=O) groups is 1. The first-order chi connectivity index (χ1) is 12.5. The molecule has 5 nitrogen and oxygen atoms in total. The molecule has 0 radical (unpaired) electrons. The molecule has 0 unspecified atom stereocenters. The van der Waals surface area contributed by atoms with Crippen molar-refractivity contribution in [2.45, 2.75) is 0 Å². The zero-order chi connectivity index (χ0) is 18.4. The summed E-state index contributed by atoms with van der Waals surface area (Å²) in [7, 11) is 0. The molecule has 4 rings (SSSR count). The largest absolute Gasteiger partial charge is 0.508 e. The fourth-order valence-corrected chi connectivity index (χ4v) is 3.35. The fourth-order valence-electron chi connectivity index (χ4n) is 3.35. The van der Waals surface area contributed by atoms with Crippen LogP contribution in [0.2, 0.25) is 0 Å². The van der Waals surface area contributed by atoms with Gasteiger partial charge >= 0.3 is 0 Å². The Morgan fingerprint density at radius 1 is 0.654 bits per heavy atom. The molecular formula is C21H14O5. The number of carbonyl (C=O) groups excluding carboxylic acids is 1. The maximum atomic E-state index is 11.6. The maximum Gasteiger partial charge on any atom is 0.154 e. The minimum atomic E-state index is -0.220. The summed E-state index contributed by atoms with van der Waals surface area (Å²) in [4.78, 5) is 11.6. The molecular weight excluding hydrogens is 332 g/mol. The van der Waals surface area contributed by atoms with E-state index in [9.17, 15) is 25.2 Å². The van der Waals surface area contributed by atoms with E-state index in [2.05, 4.69) is 0 Å². The highest BCUT2D eigenvalue weighted by Crippen LogP contribution is 2.46. The summed E-state index contributed by atoms with van der Waals surface area (Å²) in [6.07, 6.45) is 0.514. The monoisotopic (exact) mass is 346 g/mol. The molecule has 0 saturated carbocycles. The van der Waals surface area contributed by atoms with E-state index in [1.165, 1.54) is 30.3 Å². The van der Waals surface area contributed by atoms with Crippen LogP contribution in [-0.4, -0.2) is 26.7 Å². The normalized spacial score (nSPS) is 11.1. The zero-order valence-electron chi connectivity index (χ0n) is 13.5. The van der Waals surface area contributed by atoms with Crippen LogP contribution in [0.15, 0.2) is 54.6 Å². The van der Waals surface area contributed by atoms with E-state index in [1.807, 2.05) is 0 Å². The molecule has 0 bridgehead atoms. The van der Waals surface area contributed by atoms with Crippen LogP contribution in [0.3, 0.4) is 0 Å². The van der Waals surface area contributed by atoms with E-state index < -0.39 is 0 Å². The number of benzene rings is 4. The zero-order valence-corrected chi connectivity index (χ0v) is 13.5. The van der Waals surface area contributed by atoms with Crippen molar-refractivity contribution in [1.29, 1.82) is 0 Å². The number of aldehydes is 1. The van der Waals surface area contributed by atoms with Gasteiger partial charge in [-0.05, 0) is 46.5 Å². The van der Waals surface area contributed by atoms with Crippen LogP contribution in [0.4, 0.5) is 0 Å². The molecule has 4 aromatic carbocycles. The summed E-state index contributed by atoms with van der Waals surface area (Å²) in [6.45, 7) is 0. The van der Waals surface area contributed by atoms with Gasteiger partial charge in [-0.3, -0.25) is 4.79 Å². The lowest BCUT2D eigenvalue weighted by Crippen LogP contribution is -1.91. The fraction of sp³-hybridized carbons (Fsp3) is 0. The topological polar surface area (TPSA) is 98.0 Å². The van der Waals surface area contributed by atoms with Gasteiger partial charge in [0, 0.05) is 16.5 Å². The summed E-state index contributed by atoms with van der Waals surface area (Å²) in [5.41, 5.74) is 0.509. The highest BCUT2D eigenvalue weighted by molar-refractivity contribution is 6.15. The molecule has 4 aromatic rings. The van der Waals surface area contributed by atoms with Crippen molar-refractivity contribution < 1.29 is 25.2 Å². The van der Waals surface area contributed by atoms with Crippen LogP contribution in [0, 0.1) is 0 Å². The second kappa shape index (κ2) is 5.67. The molecule has 0 atom stereocenters. The van der Waals surface area contributed by atoms with Crippen molar-refractivity contribution in [2.24, 2.45) is 0 Å². The van der Waals surface area contributed by atoms with Gasteiger partial charge in [-0.1, -0.05) is 24.3 Å². The molecule has 0 amide bonds. The van der Waals surface area contributed by atoms with Crippen LogP contribution in [0.1, 0.15) is 10.4 Å². The van der Waals surface area contributed by atoms with E-state index in [1.54, 1.807) is 24.3 Å². The van der Waals surface area contributed by atoms with E-state index in [4.69, 9.17) is 0 Å². The second-order valence-electron chi connectivity index (χ2n) is 6.04. The first-order valence-corrected chi connectivity index (χ1v) is 7.89. The van der Waals surface area contributed by atoms with Gasteiger partial charge in [-0.15, -0.1) is 0 Å². The summed E-state index contributed by atoms with van der Waals surface area (Å²) in [5, 5.41) is 43.2. The van der Waals surface area contributed by atoms with Crippen molar-refractivity contribution in [3.05, 3.63) is 60.2 Å². The number of phenolic OH excluding ortho intramolecular Hbond substituents is 4. The number of fused-ring (bicyclic) bond motifs is 2. The number of hydrogen-bond donors (Lipinski definition) is 4. The van der Waals surface area contributed by atoms with Crippen LogP contribution < -0.4 is 0 Å². The SMILES string of the molecule is O=Cc1c(O)ccc2ccc(O)c(-c3c(O)ccc4ccc(O)cc34)c12. The standard InChI is InChI=1S/C21H14O5/c22-10-15-16(24)6-3-12-4-8-18(26)21(19(12)15)20-14-9-13(23)5-1-11(14)2-7-17(20)25/h1-10,23-26H. The number of aromatic hydroxyl groups is 4. The molecule has 5 heteroatoms. The minimum absolute atomic E-state index is 0.00235. The lowest BCUT2D eigenvalue weighted by Gasteiger charge is -2.16. The third-order valence-corrected chi connectivity index (χ3v) is 4.53. The highest BCUT2D eigenvalue weighted by atomic mass is 16.3. The average molecular weight is 346 g/mol. The molecule has 0 aliphatic heterocycles. The second-order valence-corrected chi connectivity index (χ2v) is 6.04. The van der Waals surface area contributed by atoms with E-state index in [0.717, 1.165) is 5.39 Å². The van der Waals surface area contributed by atoms with Crippen LogP contribution in [-0.2, 0) is 0 Å². The molecule has 0 aliphatic rings. The summed E-state index contributed by atoms with van der Waals surface area (Å²) in [5.74, 6) is -0.493. The van der Waals surface area contributed by atoms with Crippen molar-refractivity contribution in [3.8, 4) is 34.1 Å². The Labute approximate surface area is 148 Å². The van der Waals surface area contributed by atoms with Gasteiger partial charge in [0.1, 0.15) is 23.0 Å². The predicted octanol–water partition coefficient (Wildman–Crippen LogP) is 4.29. The van der Waals surface area contributed by atoms with Crippen LogP contribution in [0.25, 0.3) is 32.7 Å². The van der Waals surface area contributed by atoms with Crippen molar-refractivity contribution in [3.63, 3.8) is 0 Å². The molecule has 0 aliphatic carbocycles. The van der Waals surface area contributed by atoms with Gasteiger partial charge in [0.2, 0.25) is 0 Å². The Morgan fingerprint density at radius 2 is 1.23 bits per heavy atom. The molecule has 0 heterocycles. The molecule has 0 saturated heterocycles. The van der Waals surface area contributed by atoms with Crippen molar-refractivity contribution in [1.82, 2.24) is 0 Å². The van der Waals surface area contributed by atoms with Gasteiger partial charge in [0.25, 0.3) is 0 Å². The van der Waals surface area contributed by atoms with Crippen LogP contribution in [0.5, 0.6) is 23.0 Å². The Kier molecular flexibility index (Phi) is 3.44. The predicted molar refractivity (Wildman–Crippen MR) is 98.9 cm³/mol. The van der Waals surface area contributed by atoms with Crippen molar-refractivity contribution in [2.75, 3.05) is 0 Å². The minimum Gasteiger partial charge on any atom is -0.508 e. The lowest BCUT2D eigenvalue weighted by atomic mass is 9.90.